The summed E-state index contributed by atoms with van der Waals surface area (Å²) in [5, 5.41) is 8.52. The van der Waals surface area contributed by atoms with Crippen LogP contribution in [0.5, 0.6) is 0 Å². The average Bonchev–Trinajstić information content (AvgIpc) is 2.85. The van der Waals surface area contributed by atoms with Crippen LogP contribution in [0.15, 0.2) is 24.5 Å². The van der Waals surface area contributed by atoms with Gasteiger partial charge in [0.15, 0.2) is 12.1 Å². The molecule has 0 spiro atoms. The highest BCUT2D eigenvalue weighted by atomic mass is 35.5. The van der Waals surface area contributed by atoms with Crippen molar-refractivity contribution in [2.24, 2.45) is 0 Å². The van der Waals surface area contributed by atoms with Crippen LogP contribution in [0, 0.1) is 0 Å². The number of fused-ring (bicyclic) bond motifs is 1. The van der Waals surface area contributed by atoms with Crippen LogP contribution in [0.25, 0.3) is 0 Å². The highest BCUT2D eigenvalue weighted by Gasteiger charge is 2.19. The molecule has 92 valence electrons. The van der Waals surface area contributed by atoms with Crippen molar-refractivity contribution in [3.63, 3.8) is 0 Å². The van der Waals surface area contributed by atoms with Gasteiger partial charge in [-0.2, -0.15) is 0 Å². The first-order chi connectivity index (χ1) is 8.78. The zero-order valence-electron chi connectivity index (χ0n) is 9.58. The third kappa shape index (κ3) is 1.86. The van der Waals surface area contributed by atoms with Crippen molar-refractivity contribution < 1.29 is 4.79 Å². The molecule has 2 heterocycles. The van der Waals surface area contributed by atoms with Crippen molar-refractivity contribution >= 4 is 23.6 Å². The van der Waals surface area contributed by atoms with E-state index in [2.05, 4.69) is 15.1 Å². The average molecular weight is 263 g/mol. The fourth-order valence-electron chi connectivity index (χ4n) is 2.18. The van der Waals surface area contributed by atoms with Crippen molar-refractivity contribution in [3.8, 4) is 0 Å². The molecule has 5 nitrogen and oxygen atoms in total. The Bertz CT molecular complexity index is 596. The van der Waals surface area contributed by atoms with Gasteiger partial charge >= 0.3 is 0 Å². The second kappa shape index (κ2) is 4.42. The van der Waals surface area contributed by atoms with Gasteiger partial charge in [0.1, 0.15) is 6.33 Å². The second-order valence-corrected chi connectivity index (χ2v) is 4.62. The van der Waals surface area contributed by atoms with E-state index in [0.717, 1.165) is 30.9 Å². The number of nitrogens with zero attached hydrogens (tertiary/aromatic N) is 4. The summed E-state index contributed by atoms with van der Waals surface area (Å²) in [6.07, 6.45) is 2.57. The summed E-state index contributed by atoms with van der Waals surface area (Å²) >= 11 is 5.89. The van der Waals surface area contributed by atoms with Crippen LogP contribution < -0.4 is 4.90 Å². The predicted octanol–water partition coefficient (Wildman–Crippen LogP) is 1.76. The fraction of sp³-hybridized carbons (Fsp3) is 0.250. The van der Waals surface area contributed by atoms with Crippen LogP contribution in [0.4, 0.5) is 5.69 Å². The minimum Gasteiger partial charge on any atom is -0.362 e. The zero-order chi connectivity index (χ0) is 12.5. The Morgan fingerprint density at radius 3 is 3.06 bits per heavy atom. The van der Waals surface area contributed by atoms with Gasteiger partial charge in [-0.3, -0.25) is 4.79 Å². The highest BCUT2D eigenvalue weighted by molar-refractivity contribution is 6.31. The quantitative estimate of drug-likeness (QED) is 0.774. The number of benzene rings is 1. The zero-order valence-corrected chi connectivity index (χ0v) is 10.3. The number of aldehydes is 1. The molecule has 0 unspecified atom stereocenters. The van der Waals surface area contributed by atoms with Gasteiger partial charge < -0.3 is 9.47 Å². The second-order valence-electron chi connectivity index (χ2n) is 4.18. The van der Waals surface area contributed by atoms with Gasteiger partial charge in [-0.15, -0.1) is 10.2 Å². The third-order valence-electron chi connectivity index (χ3n) is 3.10. The van der Waals surface area contributed by atoms with E-state index in [1.807, 2.05) is 10.6 Å². The lowest BCUT2D eigenvalue weighted by Gasteiger charge is -2.29. The Kier molecular flexibility index (Phi) is 2.76. The largest absolute Gasteiger partial charge is 0.362 e. The first kappa shape index (κ1) is 11.2. The minimum atomic E-state index is 0.570. The molecule has 1 aromatic heterocycles. The molecule has 0 amide bonds. The maximum absolute atomic E-state index is 11.1. The van der Waals surface area contributed by atoms with Crippen LogP contribution in [0.2, 0.25) is 5.02 Å². The molecule has 2 aromatic rings. The van der Waals surface area contributed by atoms with Gasteiger partial charge in [0, 0.05) is 29.4 Å². The maximum atomic E-state index is 11.1. The van der Waals surface area contributed by atoms with Gasteiger partial charge in [-0.25, -0.2) is 0 Å². The normalized spacial score (nSPS) is 14.4. The number of aromatic nitrogens is 3. The van der Waals surface area contributed by atoms with Crippen LogP contribution in [-0.4, -0.2) is 27.6 Å². The van der Waals surface area contributed by atoms with E-state index in [1.165, 1.54) is 0 Å². The molecule has 1 aliphatic heterocycles. The van der Waals surface area contributed by atoms with Crippen molar-refractivity contribution in [2.45, 2.75) is 13.1 Å². The summed E-state index contributed by atoms with van der Waals surface area (Å²) in [4.78, 5) is 13.2. The third-order valence-corrected chi connectivity index (χ3v) is 3.33. The van der Waals surface area contributed by atoms with E-state index in [4.69, 9.17) is 11.6 Å². The van der Waals surface area contributed by atoms with Gasteiger partial charge in [0.2, 0.25) is 0 Å². The molecule has 1 aromatic carbocycles. The fourth-order valence-corrected chi connectivity index (χ4v) is 2.36. The lowest BCUT2D eigenvalue weighted by molar-refractivity contribution is 0.112. The topological polar surface area (TPSA) is 51.0 Å². The molecular weight excluding hydrogens is 252 g/mol. The molecule has 18 heavy (non-hydrogen) atoms. The molecule has 0 saturated heterocycles. The number of hydrogen-bond donors (Lipinski definition) is 0. The Morgan fingerprint density at radius 1 is 1.33 bits per heavy atom. The van der Waals surface area contributed by atoms with E-state index in [9.17, 15) is 4.79 Å². The monoisotopic (exact) mass is 262 g/mol. The number of hydrogen-bond acceptors (Lipinski definition) is 4. The van der Waals surface area contributed by atoms with E-state index in [1.54, 1.807) is 18.5 Å². The summed E-state index contributed by atoms with van der Waals surface area (Å²) in [6.45, 7) is 2.30. The van der Waals surface area contributed by atoms with Crippen molar-refractivity contribution in [1.82, 2.24) is 14.8 Å². The van der Waals surface area contributed by atoms with E-state index < -0.39 is 0 Å². The Labute approximate surface area is 109 Å². The molecule has 0 bridgehead atoms. The predicted molar refractivity (Wildman–Crippen MR) is 67.9 cm³/mol. The molecule has 0 aliphatic carbocycles. The minimum absolute atomic E-state index is 0.570. The SMILES string of the molecule is O=Cc1cc(Cl)ccc1N1CCn2cnnc2C1. The highest BCUT2D eigenvalue weighted by Crippen LogP contribution is 2.25. The molecule has 0 N–H and O–H groups in total. The van der Waals surface area contributed by atoms with Gasteiger partial charge in [-0.1, -0.05) is 11.6 Å². The molecule has 3 rings (SSSR count). The molecule has 0 atom stereocenters. The van der Waals surface area contributed by atoms with Crippen molar-refractivity contribution in [3.05, 3.63) is 40.9 Å². The number of halogens is 1. The maximum Gasteiger partial charge on any atom is 0.152 e. The Hall–Kier alpha value is -1.88. The molecule has 1 aliphatic rings. The van der Waals surface area contributed by atoms with Crippen LogP contribution >= 0.6 is 11.6 Å². The van der Waals surface area contributed by atoms with Crippen LogP contribution in [0.1, 0.15) is 16.2 Å². The van der Waals surface area contributed by atoms with Gasteiger partial charge in [0.05, 0.1) is 6.54 Å². The summed E-state index contributed by atoms with van der Waals surface area (Å²) in [7, 11) is 0. The van der Waals surface area contributed by atoms with E-state index >= 15 is 0 Å². The van der Waals surface area contributed by atoms with Crippen LogP contribution in [-0.2, 0) is 13.1 Å². The standard InChI is InChI=1S/C12H11ClN4O/c13-10-1-2-11(9(5-10)7-18)16-3-4-17-8-14-15-12(17)6-16/h1-2,5,7-8H,3-4,6H2. The molecule has 0 saturated carbocycles. The van der Waals surface area contributed by atoms with Gasteiger partial charge in [-0.05, 0) is 18.2 Å². The smallest absolute Gasteiger partial charge is 0.152 e. The van der Waals surface area contributed by atoms with Crippen molar-refractivity contribution in [2.75, 3.05) is 11.4 Å². The molecular formula is C12H11ClN4O. The summed E-state index contributed by atoms with van der Waals surface area (Å²) in [5.74, 6) is 0.910. The lowest BCUT2D eigenvalue weighted by atomic mass is 10.1. The Morgan fingerprint density at radius 2 is 2.22 bits per heavy atom. The van der Waals surface area contributed by atoms with Gasteiger partial charge in [0.25, 0.3) is 0 Å². The summed E-state index contributed by atoms with van der Waals surface area (Å²) in [6, 6.07) is 5.35. The number of carbonyl (C=O) groups is 1. The number of carbonyl (C=O) groups excluding carboxylic acids is 1. The van der Waals surface area contributed by atoms with E-state index in [-0.39, 0.29) is 0 Å². The summed E-state index contributed by atoms with van der Waals surface area (Å²) < 4.78 is 2.02. The first-order valence-corrected chi connectivity index (χ1v) is 6.02. The number of rotatable bonds is 2. The molecule has 0 radical (unpaired) electrons. The Balaban J connectivity index is 1.95. The van der Waals surface area contributed by atoms with Crippen LogP contribution in [0.3, 0.4) is 0 Å². The number of anilines is 1. The van der Waals surface area contributed by atoms with E-state index in [0.29, 0.717) is 17.1 Å². The summed E-state index contributed by atoms with van der Waals surface area (Å²) in [5.41, 5.74) is 1.50. The lowest BCUT2D eigenvalue weighted by Crippen LogP contribution is -2.34. The van der Waals surface area contributed by atoms with Crippen molar-refractivity contribution in [1.29, 1.82) is 0 Å². The first-order valence-electron chi connectivity index (χ1n) is 5.64. The molecule has 0 fully saturated rings. The molecule has 6 heteroatoms.